The maximum absolute atomic E-state index is 10.6. The second-order valence-electron chi connectivity index (χ2n) is 2.30. The summed E-state index contributed by atoms with van der Waals surface area (Å²) in [6.07, 6.45) is 0. The smallest absolute Gasteiger partial charge is 0.354 e. The van der Waals surface area contributed by atoms with E-state index in [1.54, 1.807) is 13.8 Å². The highest BCUT2D eigenvalue weighted by Crippen LogP contribution is 2.03. The number of hydrogen-bond acceptors (Lipinski definition) is 4. The molecule has 5 heteroatoms. The van der Waals surface area contributed by atoms with Gasteiger partial charge < -0.3 is 15.6 Å². The third-order valence-electron chi connectivity index (χ3n) is 1.45. The summed E-state index contributed by atoms with van der Waals surface area (Å²) >= 11 is 0. The van der Waals surface area contributed by atoms with Crippen LogP contribution < -0.4 is 5.73 Å². The summed E-state index contributed by atoms with van der Waals surface area (Å²) in [5.41, 5.74) is 5.72. The standard InChI is InChI=1S/C8H14N2O3/c1-4-13-7(9)5(2)6(10-3)8(11)12/h4,9H2,1-3H3,(H,11,12)/b7-5+,10-6?. The van der Waals surface area contributed by atoms with Crippen LogP contribution in [0.15, 0.2) is 16.4 Å². The number of hydrogen-bond donors (Lipinski definition) is 2. The van der Waals surface area contributed by atoms with Gasteiger partial charge in [-0.1, -0.05) is 0 Å². The monoisotopic (exact) mass is 186 g/mol. The largest absolute Gasteiger partial charge is 0.479 e. The Morgan fingerprint density at radius 2 is 2.15 bits per heavy atom. The summed E-state index contributed by atoms with van der Waals surface area (Å²) in [6.45, 7) is 3.73. The second kappa shape index (κ2) is 5.18. The zero-order chi connectivity index (χ0) is 10.4. The van der Waals surface area contributed by atoms with Crippen LogP contribution in [0.3, 0.4) is 0 Å². The van der Waals surface area contributed by atoms with E-state index in [2.05, 4.69) is 4.99 Å². The van der Waals surface area contributed by atoms with E-state index < -0.39 is 5.97 Å². The molecule has 3 N–H and O–H groups in total. The van der Waals surface area contributed by atoms with Gasteiger partial charge in [0.05, 0.1) is 6.61 Å². The minimum atomic E-state index is -1.11. The first-order valence-electron chi connectivity index (χ1n) is 3.84. The molecule has 0 rings (SSSR count). The van der Waals surface area contributed by atoms with Crippen molar-refractivity contribution in [1.29, 1.82) is 0 Å². The fourth-order valence-electron chi connectivity index (χ4n) is 0.804. The maximum atomic E-state index is 10.6. The summed E-state index contributed by atoms with van der Waals surface area (Å²) in [6, 6.07) is 0. The van der Waals surface area contributed by atoms with Crippen LogP contribution in [0.1, 0.15) is 13.8 Å². The third-order valence-corrected chi connectivity index (χ3v) is 1.45. The number of nitrogens with two attached hydrogens (primary N) is 1. The van der Waals surface area contributed by atoms with E-state index in [4.69, 9.17) is 15.6 Å². The van der Waals surface area contributed by atoms with Crippen molar-refractivity contribution < 1.29 is 14.6 Å². The number of rotatable bonds is 4. The number of ether oxygens (including phenoxy) is 1. The van der Waals surface area contributed by atoms with Gasteiger partial charge in [-0.25, -0.2) is 4.79 Å². The number of nitrogens with zero attached hydrogens (tertiary/aromatic N) is 1. The topological polar surface area (TPSA) is 84.9 Å². The Balaban J connectivity index is 4.83. The summed E-state index contributed by atoms with van der Waals surface area (Å²) in [5.74, 6) is -1.01. The lowest BCUT2D eigenvalue weighted by Gasteiger charge is -2.07. The normalized spacial score (nSPS) is 13.6. The van der Waals surface area contributed by atoms with Crippen molar-refractivity contribution in [2.24, 2.45) is 10.7 Å². The summed E-state index contributed by atoms with van der Waals surface area (Å²) in [7, 11) is 1.40. The highest BCUT2D eigenvalue weighted by Gasteiger charge is 2.14. The molecule has 13 heavy (non-hydrogen) atoms. The number of aliphatic imine (C=N–C) groups is 1. The van der Waals surface area contributed by atoms with Crippen LogP contribution in [0.4, 0.5) is 0 Å². The van der Waals surface area contributed by atoms with E-state index in [1.807, 2.05) is 0 Å². The quantitative estimate of drug-likeness (QED) is 0.490. The molecular formula is C8H14N2O3. The van der Waals surface area contributed by atoms with Gasteiger partial charge in [0, 0.05) is 12.6 Å². The molecule has 0 aromatic heterocycles. The molecule has 0 aliphatic rings. The third kappa shape index (κ3) is 3.14. The minimum Gasteiger partial charge on any atom is -0.479 e. The molecule has 0 unspecified atom stereocenters. The molecule has 0 aliphatic carbocycles. The predicted molar refractivity (Wildman–Crippen MR) is 49.5 cm³/mol. The van der Waals surface area contributed by atoms with Gasteiger partial charge in [-0.15, -0.1) is 0 Å². The van der Waals surface area contributed by atoms with Gasteiger partial charge in [-0.05, 0) is 13.8 Å². The average Bonchev–Trinajstić information content (AvgIpc) is 2.05. The zero-order valence-corrected chi connectivity index (χ0v) is 8.00. The molecule has 0 heterocycles. The Kier molecular flexibility index (Phi) is 4.58. The lowest BCUT2D eigenvalue weighted by molar-refractivity contribution is -0.129. The fraction of sp³-hybridized carbons (Fsp3) is 0.500. The Bertz CT molecular complexity index is 256. The molecule has 0 amide bonds. The summed E-state index contributed by atoms with van der Waals surface area (Å²) < 4.78 is 4.95. The van der Waals surface area contributed by atoms with E-state index in [0.29, 0.717) is 12.2 Å². The van der Waals surface area contributed by atoms with Crippen LogP contribution in [-0.4, -0.2) is 30.4 Å². The summed E-state index contributed by atoms with van der Waals surface area (Å²) in [5, 5.41) is 8.68. The van der Waals surface area contributed by atoms with Crippen molar-refractivity contribution in [3.05, 3.63) is 11.5 Å². The first kappa shape index (κ1) is 11.5. The first-order valence-corrected chi connectivity index (χ1v) is 3.84. The second-order valence-corrected chi connectivity index (χ2v) is 2.30. The Labute approximate surface area is 76.9 Å². The molecule has 0 aromatic rings. The predicted octanol–water partition coefficient (Wildman–Crippen LogP) is 0.368. The molecule has 0 saturated carbocycles. The fourth-order valence-corrected chi connectivity index (χ4v) is 0.804. The Hall–Kier alpha value is -1.52. The van der Waals surface area contributed by atoms with Crippen molar-refractivity contribution >= 4 is 11.7 Å². The van der Waals surface area contributed by atoms with E-state index in [-0.39, 0.29) is 11.6 Å². The van der Waals surface area contributed by atoms with Gasteiger partial charge in [-0.2, -0.15) is 0 Å². The Morgan fingerprint density at radius 1 is 1.62 bits per heavy atom. The molecule has 5 nitrogen and oxygen atoms in total. The molecular weight excluding hydrogens is 172 g/mol. The molecule has 74 valence electrons. The lowest BCUT2D eigenvalue weighted by Crippen LogP contribution is -2.19. The van der Waals surface area contributed by atoms with Crippen molar-refractivity contribution in [3.63, 3.8) is 0 Å². The van der Waals surface area contributed by atoms with E-state index in [0.717, 1.165) is 0 Å². The molecule has 0 aliphatic heterocycles. The van der Waals surface area contributed by atoms with Crippen molar-refractivity contribution in [3.8, 4) is 0 Å². The number of carboxylic acid groups (broad SMARTS) is 1. The van der Waals surface area contributed by atoms with Crippen LogP contribution in [0.25, 0.3) is 0 Å². The highest BCUT2D eigenvalue weighted by molar-refractivity contribution is 6.42. The van der Waals surface area contributed by atoms with Gasteiger partial charge in [-0.3, -0.25) is 4.99 Å². The Morgan fingerprint density at radius 3 is 2.46 bits per heavy atom. The SMILES string of the molecule is CCO/C(N)=C(\C)C(=NC)C(=O)O. The molecule has 0 bridgehead atoms. The lowest BCUT2D eigenvalue weighted by atomic mass is 10.2. The molecule has 0 radical (unpaired) electrons. The van der Waals surface area contributed by atoms with Gasteiger partial charge >= 0.3 is 5.97 Å². The minimum absolute atomic E-state index is 0.0778. The van der Waals surface area contributed by atoms with Gasteiger partial charge in [0.1, 0.15) is 0 Å². The van der Waals surface area contributed by atoms with Crippen molar-refractivity contribution in [1.82, 2.24) is 0 Å². The van der Waals surface area contributed by atoms with Gasteiger partial charge in [0.2, 0.25) is 0 Å². The van der Waals surface area contributed by atoms with Gasteiger partial charge in [0.15, 0.2) is 11.6 Å². The number of carbonyl (C=O) groups is 1. The average molecular weight is 186 g/mol. The molecule has 0 atom stereocenters. The number of carboxylic acids is 1. The van der Waals surface area contributed by atoms with Crippen molar-refractivity contribution in [2.45, 2.75) is 13.8 Å². The number of aliphatic carboxylic acids is 1. The van der Waals surface area contributed by atoms with Crippen LogP contribution in [0, 0.1) is 0 Å². The van der Waals surface area contributed by atoms with E-state index >= 15 is 0 Å². The van der Waals surface area contributed by atoms with Crippen LogP contribution >= 0.6 is 0 Å². The van der Waals surface area contributed by atoms with E-state index in [1.165, 1.54) is 7.05 Å². The van der Waals surface area contributed by atoms with Crippen molar-refractivity contribution in [2.75, 3.05) is 13.7 Å². The van der Waals surface area contributed by atoms with Crippen LogP contribution in [0.5, 0.6) is 0 Å². The maximum Gasteiger partial charge on any atom is 0.354 e. The highest BCUT2D eigenvalue weighted by atomic mass is 16.5. The zero-order valence-electron chi connectivity index (χ0n) is 8.00. The molecule has 0 saturated heterocycles. The van der Waals surface area contributed by atoms with Crippen LogP contribution in [0.2, 0.25) is 0 Å². The molecule has 0 spiro atoms. The molecule has 0 fully saturated rings. The van der Waals surface area contributed by atoms with Gasteiger partial charge in [0.25, 0.3) is 0 Å². The molecule has 0 aromatic carbocycles. The first-order chi connectivity index (χ1) is 6.04. The summed E-state index contributed by atoms with van der Waals surface area (Å²) in [4.78, 5) is 14.2. The van der Waals surface area contributed by atoms with E-state index in [9.17, 15) is 4.79 Å². The van der Waals surface area contributed by atoms with Crippen LogP contribution in [-0.2, 0) is 9.53 Å².